The van der Waals surface area contributed by atoms with Crippen LogP contribution in [0, 0.1) is 13.8 Å². The highest BCUT2D eigenvalue weighted by molar-refractivity contribution is 6.34. The molecular formula is C23H18N2O3. The van der Waals surface area contributed by atoms with Crippen LogP contribution >= 0.6 is 0 Å². The number of amides is 3. The third kappa shape index (κ3) is 2.97. The zero-order valence-electron chi connectivity index (χ0n) is 15.5. The highest BCUT2D eigenvalue weighted by Crippen LogP contribution is 2.29. The molecule has 28 heavy (non-hydrogen) atoms. The van der Waals surface area contributed by atoms with Crippen LogP contribution in [-0.2, 0) is 0 Å². The van der Waals surface area contributed by atoms with Gasteiger partial charge in [0.25, 0.3) is 17.7 Å². The molecule has 0 bridgehead atoms. The normalized spacial score (nSPS) is 12.9. The number of rotatable bonds is 3. The number of hydrogen-bond donors (Lipinski definition) is 1. The monoisotopic (exact) mass is 370 g/mol. The van der Waals surface area contributed by atoms with Gasteiger partial charge in [-0.05, 0) is 67.4 Å². The van der Waals surface area contributed by atoms with Crippen molar-refractivity contribution in [1.82, 2.24) is 0 Å². The zero-order valence-corrected chi connectivity index (χ0v) is 15.5. The first-order valence-corrected chi connectivity index (χ1v) is 8.92. The lowest BCUT2D eigenvalue weighted by atomic mass is 10.1. The second kappa shape index (κ2) is 6.78. The van der Waals surface area contributed by atoms with Crippen molar-refractivity contribution in [3.05, 3.63) is 94.5 Å². The van der Waals surface area contributed by atoms with Crippen LogP contribution in [0.25, 0.3) is 0 Å². The minimum absolute atomic E-state index is 0.248. The first-order valence-electron chi connectivity index (χ1n) is 8.92. The molecular weight excluding hydrogens is 352 g/mol. The molecule has 138 valence electrons. The molecule has 1 heterocycles. The molecule has 1 aliphatic heterocycles. The molecule has 0 aromatic heterocycles. The Balaban J connectivity index is 1.60. The molecule has 1 N–H and O–H groups in total. The lowest BCUT2D eigenvalue weighted by Crippen LogP contribution is -2.29. The largest absolute Gasteiger partial charge is 0.322 e. The summed E-state index contributed by atoms with van der Waals surface area (Å²) in [5, 5.41) is 2.83. The predicted octanol–water partition coefficient (Wildman–Crippen LogP) is 4.36. The van der Waals surface area contributed by atoms with E-state index in [1.165, 1.54) is 0 Å². The first kappa shape index (κ1) is 17.7. The SMILES string of the molecule is Cc1ccc(C(=O)Nc2cccc(N3C(=O)c4ccccc4C3=O)c2)cc1C. The summed E-state index contributed by atoms with van der Waals surface area (Å²) in [6.45, 7) is 3.94. The van der Waals surface area contributed by atoms with E-state index in [-0.39, 0.29) is 17.7 Å². The highest BCUT2D eigenvalue weighted by Gasteiger charge is 2.36. The minimum atomic E-state index is -0.363. The fourth-order valence-electron chi connectivity index (χ4n) is 3.23. The molecule has 0 aliphatic carbocycles. The number of hydrogen-bond acceptors (Lipinski definition) is 3. The zero-order chi connectivity index (χ0) is 19.8. The molecule has 5 nitrogen and oxygen atoms in total. The first-order chi connectivity index (χ1) is 13.5. The average molecular weight is 370 g/mol. The summed E-state index contributed by atoms with van der Waals surface area (Å²) in [5.74, 6) is -0.973. The van der Waals surface area contributed by atoms with Crippen LogP contribution in [0.5, 0.6) is 0 Å². The van der Waals surface area contributed by atoms with Crippen LogP contribution in [0.1, 0.15) is 42.2 Å². The van der Waals surface area contributed by atoms with Crippen molar-refractivity contribution in [2.24, 2.45) is 0 Å². The third-order valence-corrected chi connectivity index (χ3v) is 4.93. The van der Waals surface area contributed by atoms with Crippen molar-refractivity contribution in [2.45, 2.75) is 13.8 Å². The molecule has 0 spiro atoms. The van der Waals surface area contributed by atoms with Crippen LogP contribution in [0.4, 0.5) is 11.4 Å². The van der Waals surface area contributed by atoms with Gasteiger partial charge < -0.3 is 5.32 Å². The number of imide groups is 1. The number of nitrogens with zero attached hydrogens (tertiary/aromatic N) is 1. The minimum Gasteiger partial charge on any atom is -0.322 e. The van der Waals surface area contributed by atoms with Gasteiger partial charge >= 0.3 is 0 Å². The van der Waals surface area contributed by atoms with Gasteiger partial charge in [-0.3, -0.25) is 14.4 Å². The van der Waals surface area contributed by atoms with E-state index in [4.69, 9.17) is 0 Å². The molecule has 4 rings (SSSR count). The molecule has 0 unspecified atom stereocenters. The summed E-state index contributed by atoms with van der Waals surface area (Å²) in [7, 11) is 0. The molecule has 0 saturated heterocycles. The van der Waals surface area contributed by atoms with E-state index in [0.29, 0.717) is 28.1 Å². The maximum atomic E-state index is 12.6. The average Bonchev–Trinajstić information content (AvgIpc) is 2.95. The lowest BCUT2D eigenvalue weighted by molar-refractivity contribution is 0.0925. The van der Waals surface area contributed by atoms with Gasteiger partial charge in [0, 0.05) is 11.3 Å². The summed E-state index contributed by atoms with van der Waals surface area (Å²) in [6, 6.07) is 19.0. The van der Waals surface area contributed by atoms with Gasteiger partial charge in [-0.25, -0.2) is 4.90 Å². The standard InChI is InChI=1S/C23H18N2O3/c1-14-10-11-16(12-15(14)2)21(26)24-17-6-5-7-18(13-17)25-22(27)19-8-3-4-9-20(19)23(25)28/h3-13H,1-2H3,(H,24,26). The van der Waals surface area contributed by atoms with E-state index < -0.39 is 0 Å². The van der Waals surface area contributed by atoms with Crippen LogP contribution in [-0.4, -0.2) is 17.7 Å². The maximum Gasteiger partial charge on any atom is 0.266 e. The fraction of sp³-hybridized carbons (Fsp3) is 0.0870. The van der Waals surface area contributed by atoms with Gasteiger partial charge in [0.15, 0.2) is 0 Å². The molecule has 0 fully saturated rings. The van der Waals surface area contributed by atoms with Gasteiger partial charge in [0.05, 0.1) is 16.8 Å². The Morgan fingerprint density at radius 2 is 1.46 bits per heavy atom. The number of carbonyl (C=O) groups is 3. The molecule has 3 amide bonds. The number of benzene rings is 3. The molecule has 1 aliphatic rings. The summed E-state index contributed by atoms with van der Waals surface area (Å²) in [4.78, 5) is 39.0. The number of carbonyl (C=O) groups excluding carboxylic acids is 3. The molecule has 0 saturated carbocycles. The van der Waals surface area contributed by atoms with Crippen molar-refractivity contribution in [3.63, 3.8) is 0 Å². The van der Waals surface area contributed by atoms with E-state index in [2.05, 4.69) is 5.32 Å². The highest BCUT2D eigenvalue weighted by atomic mass is 16.2. The van der Waals surface area contributed by atoms with Crippen molar-refractivity contribution < 1.29 is 14.4 Å². The Hall–Kier alpha value is -3.73. The molecule has 3 aromatic carbocycles. The number of nitrogens with one attached hydrogen (secondary N) is 1. The topological polar surface area (TPSA) is 66.5 Å². The van der Waals surface area contributed by atoms with Crippen LogP contribution in [0.15, 0.2) is 66.7 Å². The van der Waals surface area contributed by atoms with Crippen LogP contribution in [0.2, 0.25) is 0 Å². The van der Waals surface area contributed by atoms with E-state index in [1.807, 2.05) is 26.0 Å². The molecule has 0 radical (unpaired) electrons. The van der Waals surface area contributed by atoms with Gasteiger partial charge in [-0.1, -0.05) is 24.3 Å². The van der Waals surface area contributed by atoms with Crippen LogP contribution < -0.4 is 10.2 Å². The smallest absolute Gasteiger partial charge is 0.266 e. The summed E-state index contributed by atoms with van der Waals surface area (Å²) in [6.07, 6.45) is 0. The maximum absolute atomic E-state index is 12.6. The fourth-order valence-corrected chi connectivity index (χ4v) is 3.23. The van der Waals surface area contributed by atoms with Gasteiger partial charge in [0.1, 0.15) is 0 Å². The van der Waals surface area contributed by atoms with Gasteiger partial charge in [-0.15, -0.1) is 0 Å². The molecule has 0 atom stereocenters. The Morgan fingerprint density at radius 3 is 2.11 bits per heavy atom. The van der Waals surface area contributed by atoms with Crippen molar-refractivity contribution >= 4 is 29.1 Å². The number of anilines is 2. The predicted molar refractivity (Wildman–Crippen MR) is 108 cm³/mol. The van der Waals surface area contributed by atoms with Crippen LogP contribution in [0.3, 0.4) is 0 Å². The van der Waals surface area contributed by atoms with E-state index in [9.17, 15) is 14.4 Å². The Labute approximate surface area is 162 Å². The Bertz CT molecular complexity index is 1100. The number of aryl methyl sites for hydroxylation is 2. The summed E-state index contributed by atoms with van der Waals surface area (Å²) in [5.41, 5.74) is 4.40. The molecule has 5 heteroatoms. The second-order valence-corrected chi connectivity index (χ2v) is 6.79. The Morgan fingerprint density at radius 1 is 0.786 bits per heavy atom. The lowest BCUT2D eigenvalue weighted by Gasteiger charge is -2.15. The van der Waals surface area contributed by atoms with Gasteiger partial charge in [-0.2, -0.15) is 0 Å². The van der Waals surface area contributed by atoms with Gasteiger partial charge in [0.2, 0.25) is 0 Å². The summed E-state index contributed by atoms with van der Waals surface area (Å²) < 4.78 is 0. The number of fused-ring (bicyclic) bond motifs is 1. The van der Waals surface area contributed by atoms with Crippen molar-refractivity contribution in [3.8, 4) is 0 Å². The summed E-state index contributed by atoms with van der Waals surface area (Å²) >= 11 is 0. The van der Waals surface area contributed by atoms with Crippen molar-refractivity contribution in [1.29, 1.82) is 0 Å². The van der Waals surface area contributed by atoms with E-state index in [0.717, 1.165) is 16.0 Å². The third-order valence-electron chi connectivity index (χ3n) is 4.93. The quantitative estimate of drug-likeness (QED) is 0.697. The molecule has 3 aromatic rings. The van der Waals surface area contributed by atoms with E-state index >= 15 is 0 Å². The van der Waals surface area contributed by atoms with Crippen molar-refractivity contribution in [2.75, 3.05) is 10.2 Å². The van der Waals surface area contributed by atoms with E-state index in [1.54, 1.807) is 54.6 Å². The Kier molecular flexibility index (Phi) is 4.28. The second-order valence-electron chi connectivity index (χ2n) is 6.79.